The van der Waals surface area contributed by atoms with Gasteiger partial charge in [0.05, 0.1) is 17.9 Å². The van der Waals surface area contributed by atoms with Gasteiger partial charge in [-0.3, -0.25) is 14.9 Å². The van der Waals surface area contributed by atoms with Crippen molar-refractivity contribution in [2.75, 3.05) is 19.6 Å². The number of fused-ring (bicyclic) bond motifs is 1. The molecule has 200 valence electrons. The van der Waals surface area contributed by atoms with Gasteiger partial charge in [-0.15, -0.1) is 36.2 Å². The molecule has 5 heterocycles. The zero-order valence-corrected chi connectivity index (χ0v) is 22.8. The minimum Gasteiger partial charge on any atom is -0.353 e. The summed E-state index contributed by atoms with van der Waals surface area (Å²) in [4.78, 5) is 38.0. The molecule has 3 aromatic heterocycles. The predicted molar refractivity (Wildman–Crippen MR) is 146 cm³/mol. The second-order valence-corrected chi connectivity index (χ2v) is 10.6. The van der Waals surface area contributed by atoms with Crippen LogP contribution < -0.4 is 16.0 Å². The van der Waals surface area contributed by atoms with Crippen LogP contribution in [0.25, 0.3) is 16.2 Å². The molecule has 1 aliphatic carbocycles. The van der Waals surface area contributed by atoms with Crippen LogP contribution in [0.15, 0.2) is 30.0 Å². The molecule has 0 aromatic carbocycles. The Labute approximate surface area is 231 Å². The van der Waals surface area contributed by atoms with Crippen molar-refractivity contribution in [3.8, 4) is 11.4 Å². The van der Waals surface area contributed by atoms with E-state index in [1.807, 2.05) is 16.5 Å². The number of thiazole rings is 1. The first kappa shape index (κ1) is 27.7. The van der Waals surface area contributed by atoms with Gasteiger partial charge in [0.2, 0.25) is 5.91 Å². The fourth-order valence-corrected chi connectivity index (χ4v) is 5.85. The summed E-state index contributed by atoms with van der Waals surface area (Å²) in [5, 5.41) is 16.7. The van der Waals surface area contributed by atoms with E-state index in [9.17, 15) is 9.59 Å². The summed E-state index contributed by atoms with van der Waals surface area (Å²) in [6, 6.07) is 2.10. The second-order valence-electron chi connectivity index (χ2n) is 9.69. The molecule has 10 nitrogen and oxygen atoms in total. The zero-order chi connectivity index (χ0) is 23.8. The highest BCUT2D eigenvalue weighted by Crippen LogP contribution is 2.30. The lowest BCUT2D eigenvalue weighted by molar-refractivity contribution is -0.123. The highest BCUT2D eigenvalue weighted by atomic mass is 35.5. The second kappa shape index (κ2) is 12.0. The number of carbonyl (C=O) groups excluding carboxylic acids is 2. The zero-order valence-electron chi connectivity index (χ0n) is 20.3. The van der Waals surface area contributed by atoms with E-state index in [1.165, 1.54) is 0 Å². The molecule has 3 N–H and O–H groups in total. The van der Waals surface area contributed by atoms with Crippen molar-refractivity contribution >= 4 is 52.8 Å². The Morgan fingerprint density at radius 2 is 1.89 bits per heavy atom. The Morgan fingerprint density at radius 3 is 2.68 bits per heavy atom. The van der Waals surface area contributed by atoms with E-state index in [0.29, 0.717) is 30.5 Å². The van der Waals surface area contributed by atoms with Crippen molar-refractivity contribution in [3.05, 3.63) is 35.7 Å². The topological polar surface area (TPSA) is 117 Å². The van der Waals surface area contributed by atoms with Crippen molar-refractivity contribution in [1.29, 1.82) is 0 Å². The van der Waals surface area contributed by atoms with E-state index in [2.05, 4.69) is 31.0 Å². The fraction of sp³-hybridized carbons (Fsp3) is 0.542. The molecule has 1 saturated carbocycles. The minimum absolute atomic E-state index is 0. The molecule has 13 heteroatoms. The van der Waals surface area contributed by atoms with Crippen LogP contribution in [0.3, 0.4) is 0 Å². The smallest absolute Gasteiger partial charge is 0.273 e. The largest absolute Gasteiger partial charge is 0.353 e. The molecule has 3 aromatic rings. The number of nitrogens with zero attached hydrogens (tertiary/aromatic N) is 5. The average Bonchev–Trinajstić information content (AvgIpc) is 3.51. The Morgan fingerprint density at radius 1 is 1.08 bits per heavy atom. The lowest BCUT2D eigenvalue weighted by Gasteiger charge is -2.42. The molecule has 6 rings (SSSR count). The number of carbonyl (C=O) groups is 2. The Bertz CT molecular complexity index is 1230. The molecule has 2 aliphatic heterocycles. The number of hydrogen-bond acceptors (Lipinski definition) is 8. The Balaban J connectivity index is 0.00000160. The lowest BCUT2D eigenvalue weighted by atomic mass is 9.98. The van der Waals surface area contributed by atoms with Crippen LogP contribution in [0.2, 0.25) is 0 Å². The number of rotatable bonds is 6. The Kier molecular flexibility index (Phi) is 9.02. The van der Waals surface area contributed by atoms with Crippen molar-refractivity contribution in [2.24, 2.45) is 5.92 Å². The maximum Gasteiger partial charge on any atom is 0.273 e. The van der Waals surface area contributed by atoms with E-state index in [-0.39, 0.29) is 54.8 Å². The van der Waals surface area contributed by atoms with Crippen LogP contribution in [0.1, 0.15) is 49.0 Å². The summed E-state index contributed by atoms with van der Waals surface area (Å²) < 4.78 is 1.79. The van der Waals surface area contributed by atoms with Crippen molar-refractivity contribution < 1.29 is 9.59 Å². The third-order valence-corrected chi connectivity index (χ3v) is 8.06. The van der Waals surface area contributed by atoms with E-state index >= 15 is 0 Å². The number of piperidine rings is 2. The molecule has 37 heavy (non-hydrogen) atoms. The SMILES string of the molecule is Cl.Cl.O=C(NC1CCN(C(=O)c2ccnc(-c3cnn4ccsc34)n2)C(NC2CCNCC2)C1)C1CC1. The molecule has 2 atom stereocenters. The summed E-state index contributed by atoms with van der Waals surface area (Å²) in [6.45, 7) is 2.51. The normalized spacial score (nSPS) is 22.2. The standard InChI is InChI=1S/C24H30N8O2S.2ClH/c33-22(15-1-2-15)29-17-6-10-31(20(13-17)28-16-3-7-25-8-4-16)23(34)19-5-9-26-21(30-19)18-14-27-32-11-12-35-24(18)32;;/h5,9,11-12,14-17,20,25,28H,1-4,6-8,10,13H2,(H,29,33);2*1H. The summed E-state index contributed by atoms with van der Waals surface area (Å²) in [5.74, 6) is 0.741. The highest BCUT2D eigenvalue weighted by molar-refractivity contribution is 7.16. The number of halogens is 2. The average molecular weight is 568 g/mol. The van der Waals surface area contributed by atoms with Crippen molar-refractivity contribution in [3.63, 3.8) is 0 Å². The monoisotopic (exact) mass is 566 g/mol. The predicted octanol–water partition coefficient (Wildman–Crippen LogP) is 2.49. The highest BCUT2D eigenvalue weighted by Gasteiger charge is 2.37. The van der Waals surface area contributed by atoms with E-state index in [4.69, 9.17) is 0 Å². The van der Waals surface area contributed by atoms with Gasteiger partial charge in [-0.25, -0.2) is 14.5 Å². The number of nitrogens with one attached hydrogen (secondary N) is 3. The number of likely N-dealkylation sites (tertiary alicyclic amines) is 1. The third-order valence-electron chi connectivity index (χ3n) is 7.17. The fourth-order valence-electron chi connectivity index (χ4n) is 5.06. The first-order valence-electron chi connectivity index (χ1n) is 12.5. The first-order chi connectivity index (χ1) is 17.2. The van der Waals surface area contributed by atoms with Gasteiger partial charge < -0.3 is 15.5 Å². The van der Waals surface area contributed by atoms with Crippen LogP contribution in [-0.4, -0.2) is 74.2 Å². The molecule has 2 unspecified atom stereocenters. The van der Waals surface area contributed by atoms with Gasteiger partial charge in [-0.1, -0.05) is 0 Å². The molecule has 3 fully saturated rings. The van der Waals surface area contributed by atoms with Gasteiger partial charge in [-0.05, 0) is 51.3 Å². The van der Waals surface area contributed by atoms with Gasteiger partial charge in [0.15, 0.2) is 5.82 Å². The molecule has 2 amide bonds. The van der Waals surface area contributed by atoms with Gasteiger partial charge >= 0.3 is 0 Å². The molecular weight excluding hydrogens is 535 g/mol. The van der Waals surface area contributed by atoms with Crippen LogP contribution in [0.4, 0.5) is 0 Å². The van der Waals surface area contributed by atoms with Gasteiger partial charge in [-0.2, -0.15) is 5.10 Å². The van der Waals surface area contributed by atoms with Crippen LogP contribution in [0, 0.1) is 5.92 Å². The Hall–Kier alpha value is -2.31. The quantitative estimate of drug-likeness (QED) is 0.419. The first-order valence-corrected chi connectivity index (χ1v) is 13.4. The van der Waals surface area contributed by atoms with E-state index in [0.717, 1.165) is 55.6 Å². The summed E-state index contributed by atoms with van der Waals surface area (Å²) in [5.41, 5.74) is 1.20. The lowest BCUT2D eigenvalue weighted by Crippen LogP contribution is -2.60. The maximum absolute atomic E-state index is 13.7. The molecule has 0 bridgehead atoms. The van der Waals surface area contributed by atoms with Gasteiger partial charge in [0, 0.05) is 48.7 Å². The van der Waals surface area contributed by atoms with Crippen LogP contribution >= 0.6 is 36.2 Å². The van der Waals surface area contributed by atoms with Crippen LogP contribution in [0.5, 0.6) is 0 Å². The summed E-state index contributed by atoms with van der Waals surface area (Å²) >= 11 is 1.56. The maximum atomic E-state index is 13.7. The van der Waals surface area contributed by atoms with Crippen molar-refractivity contribution in [1.82, 2.24) is 40.4 Å². The van der Waals surface area contributed by atoms with Crippen molar-refractivity contribution in [2.45, 2.75) is 56.8 Å². The van der Waals surface area contributed by atoms with E-state index in [1.54, 1.807) is 34.3 Å². The molecule has 0 spiro atoms. The molecule has 2 saturated heterocycles. The van der Waals surface area contributed by atoms with E-state index < -0.39 is 0 Å². The number of amides is 2. The minimum atomic E-state index is -0.151. The number of hydrogen-bond donors (Lipinski definition) is 3. The number of aromatic nitrogens is 4. The molecular formula is C24H32Cl2N8O2S. The molecule has 0 radical (unpaired) electrons. The summed E-state index contributed by atoms with van der Waals surface area (Å²) in [7, 11) is 0. The van der Waals surface area contributed by atoms with Gasteiger partial charge in [0.1, 0.15) is 10.5 Å². The third kappa shape index (κ3) is 6.06. The molecule has 3 aliphatic rings. The van der Waals surface area contributed by atoms with Crippen LogP contribution in [-0.2, 0) is 4.79 Å². The summed E-state index contributed by atoms with van der Waals surface area (Å²) in [6.07, 6.45) is 10.6. The van der Waals surface area contributed by atoms with Gasteiger partial charge in [0.25, 0.3) is 5.91 Å².